The minimum Gasteiger partial charge on any atom is -0.449 e. The number of hydrogen-bond donors (Lipinski definition) is 1. The summed E-state index contributed by atoms with van der Waals surface area (Å²) in [5.74, 6) is -0.549. The molecule has 0 spiro atoms. The molecule has 0 aliphatic carbocycles. The lowest BCUT2D eigenvalue weighted by molar-refractivity contribution is -0.286. The van der Waals surface area contributed by atoms with Crippen LogP contribution in [0.3, 0.4) is 0 Å². The van der Waals surface area contributed by atoms with Crippen LogP contribution in [0.25, 0.3) is 0 Å². The van der Waals surface area contributed by atoms with Gasteiger partial charge < -0.3 is 19.9 Å². The van der Waals surface area contributed by atoms with Crippen LogP contribution in [0, 0.1) is 5.41 Å². The van der Waals surface area contributed by atoms with E-state index in [1.54, 1.807) is 0 Å². The molecule has 14 heavy (non-hydrogen) atoms. The molecular weight excluding hydrogens is 186 g/mol. The van der Waals surface area contributed by atoms with Crippen molar-refractivity contribution in [3.05, 3.63) is 0 Å². The van der Waals surface area contributed by atoms with Crippen LogP contribution in [0.2, 0.25) is 0 Å². The van der Waals surface area contributed by atoms with Crippen LogP contribution in [0.5, 0.6) is 0 Å². The number of ether oxygens (including phenoxy) is 3. The van der Waals surface area contributed by atoms with Gasteiger partial charge in [0.15, 0.2) is 5.79 Å². The minimum atomic E-state index is -0.768. The van der Waals surface area contributed by atoms with Crippen LogP contribution in [0.4, 0.5) is 4.79 Å². The molecule has 1 heterocycles. The van der Waals surface area contributed by atoms with Crippen molar-refractivity contribution in [2.24, 2.45) is 11.1 Å². The van der Waals surface area contributed by atoms with E-state index in [4.69, 9.17) is 19.9 Å². The van der Waals surface area contributed by atoms with E-state index in [1.807, 2.05) is 20.8 Å². The second-order valence-electron chi connectivity index (χ2n) is 4.40. The van der Waals surface area contributed by atoms with Gasteiger partial charge in [-0.2, -0.15) is 0 Å². The molecule has 5 nitrogen and oxygen atoms in total. The smallest absolute Gasteiger partial charge is 0.404 e. The molecule has 1 amide bonds. The van der Waals surface area contributed by atoms with E-state index in [0.29, 0.717) is 13.2 Å². The standard InChI is InChI=1S/C9H17NO4/c1-8(2)13-5-9(3,6-14-8)4-12-7(10)11/h4-6H2,1-3H3,(H2,10,11). The van der Waals surface area contributed by atoms with Gasteiger partial charge in [-0.05, 0) is 13.8 Å². The van der Waals surface area contributed by atoms with Crippen LogP contribution >= 0.6 is 0 Å². The lowest BCUT2D eigenvalue weighted by atomic mass is 9.93. The molecule has 1 aliphatic heterocycles. The van der Waals surface area contributed by atoms with Gasteiger partial charge in [-0.25, -0.2) is 4.79 Å². The number of carbonyl (C=O) groups excluding carboxylic acids is 1. The molecule has 82 valence electrons. The van der Waals surface area contributed by atoms with Gasteiger partial charge in [0.25, 0.3) is 0 Å². The summed E-state index contributed by atoms with van der Waals surface area (Å²) in [5.41, 5.74) is 4.58. The molecule has 1 fully saturated rings. The molecule has 1 aliphatic rings. The quantitative estimate of drug-likeness (QED) is 0.723. The van der Waals surface area contributed by atoms with Crippen LogP contribution in [0.15, 0.2) is 0 Å². The number of nitrogens with two attached hydrogens (primary N) is 1. The van der Waals surface area contributed by atoms with E-state index >= 15 is 0 Å². The van der Waals surface area contributed by atoms with E-state index in [2.05, 4.69) is 0 Å². The van der Waals surface area contributed by atoms with Gasteiger partial charge in [-0.15, -0.1) is 0 Å². The van der Waals surface area contributed by atoms with Gasteiger partial charge in [0, 0.05) is 5.41 Å². The highest BCUT2D eigenvalue weighted by Gasteiger charge is 2.37. The maximum atomic E-state index is 10.4. The summed E-state index contributed by atoms with van der Waals surface area (Å²) < 4.78 is 15.6. The van der Waals surface area contributed by atoms with E-state index in [0.717, 1.165) is 0 Å². The molecule has 1 saturated heterocycles. The highest BCUT2D eigenvalue weighted by atomic mass is 16.7. The zero-order valence-corrected chi connectivity index (χ0v) is 8.83. The van der Waals surface area contributed by atoms with Gasteiger partial charge >= 0.3 is 6.09 Å². The molecule has 0 bridgehead atoms. The monoisotopic (exact) mass is 203 g/mol. The predicted molar refractivity (Wildman–Crippen MR) is 49.6 cm³/mol. The Bertz CT molecular complexity index is 217. The normalized spacial score (nSPS) is 24.2. The first-order chi connectivity index (χ1) is 6.33. The Balaban J connectivity index is 2.41. The molecule has 0 aromatic rings. The van der Waals surface area contributed by atoms with E-state index in [1.165, 1.54) is 0 Å². The van der Waals surface area contributed by atoms with Crippen LogP contribution in [-0.4, -0.2) is 31.7 Å². The molecule has 0 unspecified atom stereocenters. The zero-order chi connectivity index (χ0) is 10.8. The highest BCUT2D eigenvalue weighted by Crippen LogP contribution is 2.29. The lowest BCUT2D eigenvalue weighted by Crippen LogP contribution is -2.47. The maximum Gasteiger partial charge on any atom is 0.404 e. The van der Waals surface area contributed by atoms with E-state index in [9.17, 15) is 4.79 Å². The van der Waals surface area contributed by atoms with Gasteiger partial charge in [0.2, 0.25) is 0 Å². The lowest BCUT2D eigenvalue weighted by Gasteiger charge is -2.40. The summed E-state index contributed by atoms with van der Waals surface area (Å²) in [6.45, 7) is 6.83. The second kappa shape index (κ2) is 3.74. The maximum absolute atomic E-state index is 10.4. The molecule has 0 saturated carbocycles. The van der Waals surface area contributed by atoms with Gasteiger partial charge in [0.05, 0.1) is 13.2 Å². The van der Waals surface area contributed by atoms with Crippen molar-refractivity contribution < 1.29 is 19.0 Å². The second-order valence-corrected chi connectivity index (χ2v) is 4.40. The third kappa shape index (κ3) is 3.16. The first kappa shape index (κ1) is 11.3. The Morgan fingerprint density at radius 2 is 1.86 bits per heavy atom. The Hall–Kier alpha value is -0.810. The fourth-order valence-corrected chi connectivity index (χ4v) is 1.11. The molecule has 0 aromatic heterocycles. The van der Waals surface area contributed by atoms with Crippen molar-refractivity contribution in [1.29, 1.82) is 0 Å². The first-order valence-electron chi connectivity index (χ1n) is 4.53. The number of hydrogen-bond acceptors (Lipinski definition) is 4. The van der Waals surface area contributed by atoms with E-state index in [-0.39, 0.29) is 12.0 Å². The van der Waals surface area contributed by atoms with Gasteiger partial charge in [-0.3, -0.25) is 0 Å². The summed E-state index contributed by atoms with van der Waals surface area (Å²) in [4.78, 5) is 10.4. The molecule has 2 N–H and O–H groups in total. The summed E-state index contributed by atoms with van der Waals surface area (Å²) in [6.07, 6.45) is -0.768. The third-order valence-corrected chi connectivity index (χ3v) is 2.10. The largest absolute Gasteiger partial charge is 0.449 e. The summed E-state index contributed by atoms with van der Waals surface area (Å²) in [7, 11) is 0. The van der Waals surface area contributed by atoms with Crippen molar-refractivity contribution in [3.63, 3.8) is 0 Å². The van der Waals surface area contributed by atoms with Crippen molar-refractivity contribution in [2.75, 3.05) is 19.8 Å². The summed E-state index contributed by atoms with van der Waals surface area (Å²) in [6, 6.07) is 0. The van der Waals surface area contributed by atoms with Crippen molar-refractivity contribution in [1.82, 2.24) is 0 Å². The minimum absolute atomic E-state index is 0.221. The summed E-state index contributed by atoms with van der Waals surface area (Å²) >= 11 is 0. The first-order valence-corrected chi connectivity index (χ1v) is 4.53. The molecule has 1 rings (SSSR count). The average molecular weight is 203 g/mol. The Morgan fingerprint density at radius 3 is 2.29 bits per heavy atom. The molecule has 0 radical (unpaired) electrons. The van der Waals surface area contributed by atoms with Crippen LogP contribution in [0.1, 0.15) is 20.8 Å². The topological polar surface area (TPSA) is 70.8 Å². The number of carbonyl (C=O) groups is 1. The molecule has 0 aromatic carbocycles. The molecular formula is C9H17NO4. The Labute approximate surface area is 83.5 Å². The van der Waals surface area contributed by atoms with Crippen molar-refractivity contribution in [2.45, 2.75) is 26.6 Å². The van der Waals surface area contributed by atoms with Crippen molar-refractivity contribution in [3.8, 4) is 0 Å². The summed E-state index contributed by atoms with van der Waals surface area (Å²) in [5, 5.41) is 0. The molecule has 5 heteroatoms. The number of primary amides is 1. The third-order valence-electron chi connectivity index (χ3n) is 2.10. The van der Waals surface area contributed by atoms with E-state index < -0.39 is 11.9 Å². The zero-order valence-electron chi connectivity index (χ0n) is 8.83. The SMILES string of the molecule is CC1(COC(N)=O)COC(C)(C)OC1. The highest BCUT2D eigenvalue weighted by molar-refractivity contribution is 5.64. The van der Waals surface area contributed by atoms with Crippen LogP contribution in [-0.2, 0) is 14.2 Å². The number of rotatable bonds is 2. The van der Waals surface area contributed by atoms with Gasteiger partial charge in [0.1, 0.15) is 6.61 Å². The average Bonchev–Trinajstić information content (AvgIpc) is 2.08. The fraction of sp³-hybridized carbons (Fsp3) is 0.889. The number of amides is 1. The van der Waals surface area contributed by atoms with Crippen LogP contribution < -0.4 is 5.73 Å². The molecule has 0 atom stereocenters. The van der Waals surface area contributed by atoms with Gasteiger partial charge in [-0.1, -0.05) is 6.92 Å². The Morgan fingerprint density at radius 1 is 1.36 bits per heavy atom. The Kier molecular flexibility index (Phi) is 3.01. The predicted octanol–water partition coefficient (Wildman–Crippen LogP) is 0.871. The van der Waals surface area contributed by atoms with Crippen molar-refractivity contribution >= 4 is 6.09 Å². The fourth-order valence-electron chi connectivity index (χ4n) is 1.11.